The largest absolute Gasteiger partial charge is 0.489 e. The van der Waals surface area contributed by atoms with Crippen LogP contribution in [0.4, 0.5) is 5.82 Å². The number of hydrogen-bond acceptors (Lipinski definition) is 8. The number of furan rings is 1. The molecule has 0 aliphatic heterocycles. The van der Waals surface area contributed by atoms with E-state index in [0.29, 0.717) is 48.3 Å². The van der Waals surface area contributed by atoms with Crippen molar-refractivity contribution in [2.45, 2.75) is 20.0 Å². The maximum atomic E-state index is 10.9. The summed E-state index contributed by atoms with van der Waals surface area (Å²) >= 11 is 0. The van der Waals surface area contributed by atoms with E-state index in [1.165, 1.54) is 11.9 Å². The predicted octanol–water partition coefficient (Wildman–Crippen LogP) is 4.55. The molecule has 4 rings (SSSR count). The van der Waals surface area contributed by atoms with Crippen molar-refractivity contribution in [2.75, 3.05) is 32.2 Å². The third kappa shape index (κ3) is 5.88. The van der Waals surface area contributed by atoms with Crippen LogP contribution in [-0.2, 0) is 22.6 Å². The Kier molecular flexibility index (Phi) is 7.79. The molecule has 182 valence electrons. The Labute approximate surface area is 202 Å². The Morgan fingerprint density at radius 1 is 1.11 bits per heavy atom. The number of para-hydroxylation sites is 1. The molecule has 0 atom stereocenters. The molecule has 0 aliphatic carbocycles. The van der Waals surface area contributed by atoms with Gasteiger partial charge in [0, 0.05) is 30.7 Å². The van der Waals surface area contributed by atoms with E-state index in [4.69, 9.17) is 23.7 Å². The number of nitrogens with one attached hydrogen (secondary N) is 1. The fraction of sp³-hybridized carbons (Fsp3) is 0.269. The molecule has 0 aliphatic rings. The topological polar surface area (TPSA) is 116 Å². The number of methoxy groups -OCH3 is 1. The molecule has 2 aromatic carbocycles. The van der Waals surface area contributed by atoms with Gasteiger partial charge < -0.3 is 29.1 Å². The van der Waals surface area contributed by atoms with Gasteiger partial charge in [-0.15, -0.1) is 0 Å². The Hall–Kier alpha value is -4.11. The SMILES string of the molecule is CCOc1c(OCC(=O)O)cccc1-c1cc(NCCc2cc3ccoc3cc2COC)ncn1. The van der Waals surface area contributed by atoms with Crippen LogP contribution in [0.2, 0.25) is 0 Å². The zero-order valence-corrected chi connectivity index (χ0v) is 19.6. The molecule has 2 heterocycles. The molecule has 35 heavy (non-hydrogen) atoms. The summed E-state index contributed by atoms with van der Waals surface area (Å²) in [5, 5.41) is 13.4. The third-order valence-corrected chi connectivity index (χ3v) is 5.34. The molecule has 2 aromatic heterocycles. The highest BCUT2D eigenvalue weighted by Crippen LogP contribution is 2.38. The fourth-order valence-electron chi connectivity index (χ4n) is 3.81. The van der Waals surface area contributed by atoms with Gasteiger partial charge in [-0.2, -0.15) is 0 Å². The van der Waals surface area contributed by atoms with Crippen LogP contribution < -0.4 is 14.8 Å². The number of carboxylic acid groups (broad SMARTS) is 1. The molecule has 2 N–H and O–H groups in total. The lowest BCUT2D eigenvalue weighted by Crippen LogP contribution is -2.11. The minimum Gasteiger partial charge on any atom is -0.489 e. The minimum atomic E-state index is -1.06. The van der Waals surface area contributed by atoms with Gasteiger partial charge in [0.25, 0.3) is 0 Å². The first-order valence-corrected chi connectivity index (χ1v) is 11.2. The summed E-state index contributed by atoms with van der Waals surface area (Å²) in [6, 6.07) is 13.2. The first-order chi connectivity index (χ1) is 17.1. The highest BCUT2D eigenvalue weighted by atomic mass is 16.5. The van der Waals surface area contributed by atoms with Crippen molar-refractivity contribution in [1.82, 2.24) is 9.97 Å². The number of ether oxygens (including phenoxy) is 3. The van der Waals surface area contributed by atoms with Crippen molar-refractivity contribution in [1.29, 1.82) is 0 Å². The summed E-state index contributed by atoms with van der Waals surface area (Å²) in [6.45, 7) is 2.93. The fourth-order valence-corrected chi connectivity index (χ4v) is 3.81. The molecular weight excluding hydrogens is 450 g/mol. The van der Waals surface area contributed by atoms with Crippen LogP contribution in [0.25, 0.3) is 22.2 Å². The van der Waals surface area contributed by atoms with E-state index >= 15 is 0 Å². The van der Waals surface area contributed by atoms with Crippen LogP contribution in [-0.4, -0.2) is 47.9 Å². The lowest BCUT2D eigenvalue weighted by molar-refractivity contribution is -0.139. The number of aromatic nitrogens is 2. The number of anilines is 1. The molecule has 0 unspecified atom stereocenters. The van der Waals surface area contributed by atoms with Crippen LogP contribution in [0.3, 0.4) is 0 Å². The monoisotopic (exact) mass is 477 g/mol. The Morgan fingerprint density at radius 2 is 2.00 bits per heavy atom. The second-order valence-corrected chi connectivity index (χ2v) is 7.73. The lowest BCUT2D eigenvalue weighted by Gasteiger charge is -2.15. The van der Waals surface area contributed by atoms with Crippen molar-refractivity contribution < 1.29 is 28.5 Å². The van der Waals surface area contributed by atoms with Crippen LogP contribution in [0, 0.1) is 0 Å². The number of nitrogens with zero attached hydrogens (tertiary/aromatic N) is 2. The number of fused-ring (bicyclic) bond motifs is 1. The second kappa shape index (κ2) is 11.3. The van der Waals surface area contributed by atoms with Crippen molar-refractivity contribution in [2.24, 2.45) is 0 Å². The average molecular weight is 478 g/mol. The molecule has 0 amide bonds. The predicted molar refractivity (Wildman–Crippen MR) is 131 cm³/mol. The molecule has 0 saturated heterocycles. The van der Waals surface area contributed by atoms with Crippen LogP contribution in [0.1, 0.15) is 18.1 Å². The summed E-state index contributed by atoms with van der Waals surface area (Å²) in [7, 11) is 1.68. The van der Waals surface area contributed by atoms with Crippen LogP contribution >= 0.6 is 0 Å². The van der Waals surface area contributed by atoms with Gasteiger partial charge in [-0.1, -0.05) is 6.07 Å². The Balaban J connectivity index is 1.51. The average Bonchev–Trinajstić information content (AvgIpc) is 3.31. The first-order valence-electron chi connectivity index (χ1n) is 11.2. The normalized spacial score (nSPS) is 10.9. The number of rotatable bonds is 12. The molecule has 9 nitrogen and oxygen atoms in total. The summed E-state index contributed by atoms with van der Waals surface area (Å²) in [5.74, 6) is 0.387. The first kappa shape index (κ1) is 24.0. The number of benzene rings is 2. The smallest absolute Gasteiger partial charge is 0.341 e. The summed E-state index contributed by atoms with van der Waals surface area (Å²) < 4.78 is 22.1. The third-order valence-electron chi connectivity index (χ3n) is 5.34. The zero-order valence-electron chi connectivity index (χ0n) is 19.6. The maximum absolute atomic E-state index is 10.9. The summed E-state index contributed by atoms with van der Waals surface area (Å²) in [4.78, 5) is 19.7. The van der Waals surface area contributed by atoms with Crippen LogP contribution in [0.5, 0.6) is 11.5 Å². The maximum Gasteiger partial charge on any atom is 0.341 e. The lowest BCUT2D eigenvalue weighted by atomic mass is 10.0. The van der Waals surface area contributed by atoms with E-state index in [-0.39, 0.29) is 0 Å². The van der Waals surface area contributed by atoms with Gasteiger partial charge in [0.1, 0.15) is 17.7 Å². The van der Waals surface area contributed by atoms with Gasteiger partial charge in [0.05, 0.1) is 25.2 Å². The van der Waals surface area contributed by atoms with Crippen molar-refractivity contribution in [3.8, 4) is 22.8 Å². The van der Waals surface area contributed by atoms with E-state index in [2.05, 4.69) is 21.4 Å². The van der Waals surface area contributed by atoms with Gasteiger partial charge in [0.2, 0.25) is 0 Å². The highest BCUT2D eigenvalue weighted by molar-refractivity contribution is 5.79. The standard InChI is InChI=1S/C26H27N3O6/c1-3-33-26-20(5-4-6-22(26)35-15-25(30)31)21-13-24(29-16-28-21)27-9-7-17-11-18-8-10-34-23(18)12-19(17)14-32-2/h4-6,8,10-13,16H,3,7,9,14-15H2,1-2H3,(H,30,31)(H,27,28,29). The van der Waals surface area contributed by atoms with E-state index in [0.717, 1.165) is 23.0 Å². The van der Waals surface area contributed by atoms with E-state index in [9.17, 15) is 4.79 Å². The Morgan fingerprint density at radius 3 is 2.80 bits per heavy atom. The Bertz CT molecular complexity index is 1300. The quantitative estimate of drug-likeness (QED) is 0.303. The minimum absolute atomic E-state index is 0.347. The number of aliphatic carboxylic acids is 1. The van der Waals surface area contributed by atoms with Gasteiger partial charge in [-0.25, -0.2) is 14.8 Å². The number of carboxylic acids is 1. The van der Waals surface area contributed by atoms with E-state index in [1.54, 1.807) is 25.5 Å². The molecule has 4 aromatic rings. The molecule has 0 radical (unpaired) electrons. The van der Waals surface area contributed by atoms with Crippen LogP contribution in [0.15, 0.2) is 59.5 Å². The second-order valence-electron chi connectivity index (χ2n) is 7.73. The van der Waals surface area contributed by atoms with Gasteiger partial charge >= 0.3 is 5.97 Å². The molecule has 0 saturated carbocycles. The number of carbonyl (C=O) groups is 1. The molecular formula is C26H27N3O6. The van der Waals surface area contributed by atoms with Gasteiger partial charge in [-0.3, -0.25) is 0 Å². The zero-order chi connectivity index (χ0) is 24.6. The van der Waals surface area contributed by atoms with Gasteiger partial charge in [-0.05, 0) is 54.8 Å². The molecule has 0 spiro atoms. The summed E-state index contributed by atoms with van der Waals surface area (Å²) in [5.41, 5.74) is 4.41. The van der Waals surface area contributed by atoms with Crippen molar-refractivity contribution in [3.05, 3.63) is 66.2 Å². The molecule has 9 heteroatoms. The van der Waals surface area contributed by atoms with Crippen molar-refractivity contribution in [3.63, 3.8) is 0 Å². The number of hydrogen-bond donors (Lipinski definition) is 2. The van der Waals surface area contributed by atoms with Crippen molar-refractivity contribution >= 4 is 22.8 Å². The molecule has 0 bridgehead atoms. The summed E-state index contributed by atoms with van der Waals surface area (Å²) in [6.07, 6.45) is 3.93. The highest BCUT2D eigenvalue weighted by Gasteiger charge is 2.15. The van der Waals surface area contributed by atoms with Gasteiger partial charge in [0.15, 0.2) is 18.1 Å². The van der Waals surface area contributed by atoms with E-state index < -0.39 is 12.6 Å². The molecule has 0 fully saturated rings. The van der Waals surface area contributed by atoms with E-state index in [1.807, 2.05) is 31.2 Å².